The van der Waals surface area contributed by atoms with Gasteiger partial charge in [-0.2, -0.15) is 4.31 Å². The number of hydrogen-bond donors (Lipinski definition) is 1. The Morgan fingerprint density at radius 2 is 2.10 bits per heavy atom. The highest BCUT2D eigenvalue weighted by Crippen LogP contribution is 2.28. The van der Waals surface area contributed by atoms with Crippen LogP contribution in [0.1, 0.15) is 44.2 Å². The molecule has 5 heteroatoms. The first-order valence-electron chi connectivity index (χ1n) is 7.79. The van der Waals surface area contributed by atoms with E-state index in [1.807, 2.05) is 32.9 Å². The molecule has 1 N–H and O–H groups in total. The highest BCUT2D eigenvalue weighted by Gasteiger charge is 2.32. The zero-order chi connectivity index (χ0) is 15.5. The molecule has 1 aromatic rings. The van der Waals surface area contributed by atoms with Crippen LogP contribution in [0, 0.1) is 6.92 Å². The highest BCUT2D eigenvalue weighted by atomic mass is 32.2. The van der Waals surface area contributed by atoms with E-state index in [1.54, 1.807) is 10.4 Å². The number of nitrogens with one attached hydrogen (secondary N) is 1. The first kappa shape index (κ1) is 16.5. The molecule has 4 nitrogen and oxygen atoms in total. The van der Waals surface area contributed by atoms with Gasteiger partial charge in [-0.3, -0.25) is 0 Å². The minimum atomic E-state index is -3.38. The Balaban J connectivity index is 2.35. The van der Waals surface area contributed by atoms with Gasteiger partial charge in [0.15, 0.2) is 0 Å². The monoisotopic (exact) mass is 310 g/mol. The smallest absolute Gasteiger partial charge is 0.243 e. The molecule has 1 heterocycles. The number of benzene rings is 1. The van der Waals surface area contributed by atoms with Crippen molar-refractivity contribution in [1.82, 2.24) is 9.62 Å². The van der Waals surface area contributed by atoms with Crippen LogP contribution in [0.5, 0.6) is 0 Å². The molecule has 0 aromatic heterocycles. The third-order valence-corrected chi connectivity index (χ3v) is 6.45. The fourth-order valence-electron chi connectivity index (χ4n) is 2.95. The number of nitrogens with zero attached hydrogens (tertiary/aromatic N) is 1. The van der Waals surface area contributed by atoms with Crippen LogP contribution in [0.2, 0.25) is 0 Å². The molecule has 1 fully saturated rings. The first-order chi connectivity index (χ1) is 9.98. The molecule has 1 aliphatic rings. The Morgan fingerprint density at radius 1 is 1.33 bits per heavy atom. The van der Waals surface area contributed by atoms with Crippen molar-refractivity contribution in [3.8, 4) is 0 Å². The zero-order valence-electron chi connectivity index (χ0n) is 13.2. The predicted molar refractivity (Wildman–Crippen MR) is 85.8 cm³/mol. The van der Waals surface area contributed by atoms with Crippen LogP contribution in [-0.2, 0) is 16.6 Å². The summed E-state index contributed by atoms with van der Waals surface area (Å²) in [5, 5.41) is 3.26. The van der Waals surface area contributed by atoms with Gasteiger partial charge in [0.2, 0.25) is 10.0 Å². The average Bonchev–Trinajstić information content (AvgIpc) is 2.46. The van der Waals surface area contributed by atoms with E-state index in [9.17, 15) is 8.42 Å². The van der Waals surface area contributed by atoms with Crippen LogP contribution in [0.4, 0.5) is 0 Å². The quantitative estimate of drug-likeness (QED) is 0.909. The topological polar surface area (TPSA) is 49.4 Å². The maximum Gasteiger partial charge on any atom is 0.243 e. The van der Waals surface area contributed by atoms with Gasteiger partial charge in [0.25, 0.3) is 0 Å². The molecule has 118 valence electrons. The lowest BCUT2D eigenvalue weighted by molar-refractivity contribution is 0.268. The fourth-order valence-corrected chi connectivity index (χ4v) is 4.92. The van der Waals surface area contributed by atoms with Gasteiger partial charge in [0.1, 0.15) is 0 Å². The maximum absolute atomic E-state index is 13.0. The molecule has 2 rings (SSSR count). The van der Waals surface area contributed by atoms with Gasteiger partial charge >= 0.3 is 0 Å². The van der Waals surface area contributed by atoms with Crippen molar-refractivity contribution in [1.29, 1.82) is 0 Å². The maximum atomic E-state index is 13.0. The van der Waals surface area contributed by atoms with Crippen molar-refractivity contribution in [2.24, 2.45) is 0 Å². The SMILES string of the molecule is CCNCc1cccc(S(=O)(=O)N2CCCCC2C)c1C. The average molecular weight is 310 g/mol. The molecular formula is C16H26N2O2S. The van der Waals surface area contributed by atoms with E-state index in [2.05, 4.69) is 5.32 Å². The van der Waals surface area contributed by atoms with E-state index in [1.165, 1.54) is 0 Å². The lowest BCUT2D eigenvalue weighted by Gasteiger charge is -2.32. The molecule has 1 aromatic carbocycles. The van der Waals surface area contributed by atoms with Crippen molar-refractivity contribution in [2.75, 3.05) is 13.1 Å². The summed E-state index contributed by atoms with van der Waals surface area (Å²) in [6.45, 7) is 8.19. The van der Waals surface area contributed by atoms with Crippen LogP contribution in [0.15, 0.2) is 23.1 Å². The number of hydrogen-bond acceptors (Lipinski definition) is 3. The molecule has 0 amide bonds. The van der Waals surface area contributed by atoms with Gasteiger partial charge in [0.05, 0.1) is 4.90 Å². The van der Waals surface area contributed by atoms with E-state index in [0.29, 0.717) is 18.0 Å². The third kappa shape index (κ3) is 3.47. The van der Waals surface area contributed by atoms with Crippen molar-refractivity contribution in [3.63, 3.8) is 0 Å². The standard InChI is InChI=1S/C16H26N2O2S/c1-4-17-12-15-9-7-10-16(14(15)3)21(19,20)18-11-6-5-8-13(18)2/h7,9-10,13,17H,4-6,8,11-12H2,1-3H3. The van der Waals surface area contributed by atoms with Crippen LogP contribution < -0.4 is 5.32 Å². The summed E-state index contributed by atoms with van der Waals surface area (Å²) in [4.78, 5) is 0.464. The number of piperidine rings is 1. The molecule has 0 radical (unpaired) electrons. The lowest BCUT2D eigenvalue weighted by atomic mass is 10.1. The Morgan fingerprint density at radius 3 is 2.76 bits per heavy atom. The van der Waals surface area contributed by atoms with E-state index >= 15 is 0 Å². The van der Waals surface area contributed by atoms with Crippen molar-refractivity contribution >= 4 is 10.0 Å². The van der Waals surface area contributed by atoms with E-state index < -0.39 is 10.0 Å². The van der Waals surface area contributed by atoms with Gasteiger partial charge in [-0.1, -0.05) is 25.5 Å². The van der Waals surface area contributed by atoms with Gasteiger partial charge in [-0.25, -0.2) is 8.42 Å². The van der Waals surface area contributed by atoms with Crippen LogP contribution >= 0.6 is 0 Å². The molecule has 0 bridgehead atoms. The molecule has 21 heavy (non-hydrogen) atoms. The van der Waals surface area contributed by atoms with Gasteiger partial charge in [-0.05, 0) is 50.4 Å². The molecule has 1 saturated heterocycles. The Hall–Kier alpha value is -0.910. The molecule has 0 spiro atoms. The van der Waals surface area contributed by atoms with Gasteiger partial charge < -0.3 is 5.32 Å². The summed E-state index contributed by atoms with van der Waals surface area (Å²) < 4.78 is 27.6. The summed E-state index contributed by atoms with van der Waals surface area (Å²) in [5.41, 5.74) is 1.93. The largest absolute Gasteiger partial charge is 0.313 e. The minimum Gasteiger partial charge on any atom is -0.313 e. The second kappa shape index (κ2) is 6.90. The molecule has 1 atom stereocenters. The first-order valence-corrected chi connectivity index (χ1v) is 9.23. The number of sulfonamides is 1. The number of rotatable bonds is 5. The summed E-state index contributed by atoms with van der Waals surface area (Å²) >= 11 is 0. The van der Waals surface area contributed by atoms with Crippen LogP contribution in [0.3, 0.4) is 0 Å². The molecular weight excluding hydrogens is 284 g/mol. The van der Waals surface area contributed by atoms with Crippen LogP contribution in [0.25, 0.3) is 0 Å². The Bertz CT molecular complexity index is 584. The third-order valence-electron chi connectivity index (χ3n) is 4.29. The predicted octanol–water partition coefficient (Wildman–Crippen LogP) is 2.67. The molecule has 0 aliphatic carbocycles. The van der Waals surface area contributed by atoms with Gasteiger partial charge in [0, 0.05) is 19.1 Å². The summed E-state index contributed by atoms with van der Waals surface area (Å²) in [7, 11) is -3.38. The van der Waals surface area contributed by atoms with Crippen molar-refractivity contribution < 1.29 is 8.42 Å². The normalized spacial score (nSPS) is 20.6. The Kier molecular flexibility index (Phi) is 5.41. The van der Waals surface area contributed by atoms with E-state index in [-0.39, 0.29) is 6.04 Å². The van der Waals surface area contributed by atoms with E-state index in [4.69, 9.17) is 0 Å². The summed E-state index contributed by atoms with van der Waals surface area (Å²) in [6.07, 6.45) is 3.03. The van der Waals surface area contributed by atoms with Crippen LogP contribution in [-0.4, -0.2) is 31.9 Å². The highest BCUT2D eigenvalue weighted by molar-refractivity contribution is 7.89. The summed E-state index contributed by atoms with van der Waals surface area (Å²) in [6, 6.07) is 5.68. The fraction of sp³-hybridized carbons (Fsp3) is 0.625. The zero-order valence-corrected chi connectivity index (χ0v) is 14.0. The second-order valence-electron chi connectivity index (χ2n) is 5.78. The van der Waals surface area contributed by atoms with E-state index in [0.717, 1.165) is 36.9 Å². The second-order valence-corrected chi connectivity index (χ2v) is 7.64. The molecule has 0 saturated carbocycles. The van der Waals surface area contributed by atoms with Gasteiger partial charge in [-0.15, -0.1) is 0 Å². The van der Waals surface area contributed by atoms with Crippen molar-refractivity contribution in [2.45, 2.75) is 57.5 Å². The minimum absolute atomic E-state index is 0.0978. The summed E-state index contributed by atoms with van der Waals surface area (Å²) in [5.74, 6) is 0. The van der Waals surface area contributed by atoms with Crippen molar-refractivity contribution in [3.05, 3.63) is 29.3 Å². The molecule has 1 aliphatic heterocycles. The molecule has 1 unspecified atom stereocenters. The Labute approximate surface area is 128 Å². The lowest BCUT2D eigenvalue weighted by Crippen LogP contribution is -2.42.